The van der Waals surface area contributed by atoms with Crippen LogP contribution in [0, 0.1) is 0 Å². The number of hydrogen-bond acceptors (Lipinski definition) is 3. The number of aliphatic carboxylic acids is 1. The zero-order chi connectivity index (χ0) is 12.3. The van der Waals surface area contributed by atoms with E-state index in [9.17, 15) is 9.90 Å². The summed E-state index contributed by atoms with van der Waals surface area (Å²) in [6.07, 6.45) is 1.09. The molecule has 0 saturated heterocycles. The number of rotatable bonds is 5. The Morgan fingerprint density at radius 3 is 2.47 bits per heavy atom. The molecule has 0 fully saturated rings. The van der Waals surface area contributed by atoms with Crippen LogP contribution >= 0.6 is 0 Å². The van der Waals surface area contributed by atoms with E-state index in [2.05, 4.69) is 5.32 Å². The van der Waals surface area contributed by atoms with Crippen LogP contribution in [0.5, 0.6) is 0 Å². The molecule has 0 saturated carbocycles. The van der Waals surface area contributed by atoms with Crippen molar-refractivity contribution in [1.29, 1.82) is 0 Å². The van der Waals surface area contributed by atoms with Gasteiger partial charge in [-0.3, -0.25) is 10.1 Å². The lowest BCUT2D eigenvalue weighted by atomic mass is 9.96. The van der Waals surface area contributed by atoms with Crippen LogP contribution in [-0.4, -0.2) is 36.9 Å². The number of ether oxygens (including phenoxy) is 1. The van der Waals surface area contributed by atoms with Crippen molar-refractivity contribution in [2.75, 3.05) is 20.3 Å². The van der Waals surface area contributed by atoms with Crippen molar-refractivity contribution in [3.05, 3.63) is 35.4 Å². The fourth-order valence-electron chi connectivity index (χ4n) is 2.36. The Bertz CT molecular complexity index is 392. The van der Waals surface area contributed by atoms with Crippen LogP contribution < -0.4 is 5.32 Å². The number of nitrogens with one attached hydrogen (secondary N) is 1. The van der Waals surface area contributed by atoms with Gasteiger partial charge < -0.3 is 9.84 Å². The van der Waals surface area contributed by atoms with Crippen LogP contribution in [0.1, 0.15) is 11.1 Å². The molecule has 2 N–H and O–H groups in total. The summed E-state index contributed by atoms with van der Waals surface area (Å²) in [6.45, 7) is 1.07. The maximum absolute atomic E-state index is 11.5. The van der Waals surface area contributed by atoms with Gasteiger partial charge in [0.15, 0.2) is 0 Å². The molecular formula is C13H17NO3. The van der Waals surface area contributed by atoms with E-state index in [4.69, 9.17) is 4.74 Å². The summed E-state index contributed by atoms with van der Waals surface area (Å²) in [5.41, 5.74) is 1.39. The maximum Gasteiger partial charge on any atom is 0.324 e. The smallest absolute Gasteiger partial charge is 0.324 e. The normalized spacial score (nSPS) is 16.8. The van der Waals surface area contributed by atoms with Crippen molar-refractivity contribution >= 4 is 5.97 Å². The van der Waals surface area contributed by atoms with Gasteiger partial charge in [-0.2, -0.15) is 0 Å². The van der Waals surface area contributed by atoms with E-state index >= 15 is 0 Å². The third-order valence-corrected chi connectivity index (χ3v) is 3.28. The van der Waals surface area contributed by atoms with Crippen LogP contribution in [0.2, 0.25) is 0 Å². The first-order chi connectivity index (χ1) is 8.18. The van der Waals surface area contributed by atoms with E-state index < -0.39 is 11.5 Å². The molecule has 0 atom stereocenters. The Morgan fingerprint density at radius 2 is 2.00 bits per heavy atom. The minimum atomic E-state index is -0.859. The first kappa shape index (κ1) is 12.1. The van der Waals surface area contributed by atoms with Crippen molar-refractivity contribution in [3.63, 3.8) is 0 Å². The summed E-state index contributed by atoms with van der Waals surface area (Å²) in [6, 6.07) is 7.90. The van der Waals surface area contributed by atoms with E-state index in [1.165, 1.54) is 0 Å². The van der Waals surface area contributed by atoms with Gasteiger partial charge in [0.05, 0.1) is 6.61 Å². The van der Waals surface area contributed by atoms with Crippen molar-refractivity contribution in [2.24, 2.45) is 0 Å². The number of hydrogen-bond donors (Lipinski definition) is 2. The van der Waals surface area contributed by atoms with Crippen LogP contribution in [0.3, 0.4) is 0 Å². The van der Waals surface area contributed by atoms with E-state index in [0.29, 0.717) is 26.0 Å². The molecule has 0 amide bonds. The van der Waals surface area contributed by atoms with Crippen molar-refractivity contribution in [1.82, 2.24) is 5.32 Å². The van der Waals surface area contributed by atoms with Gasteiger partial charge in [-0.15, -0.1) is 0 Å². The Balaban J connectivity index is 2.14. The standard InChI is InChI=1S/C13H17NO3/c1-17-7-6-14-13(12(15)16)8-10-4-2-3-5-11(10)9-13/h2-5,14H,6-9H2,1H3,(H,15,16). The molecule has 17 heavy (non-hydrogen) atoms. The van der Waals surface area contributed by atoms with Crippen LogP contribution in [-0.2, 0) is 22.4 Å². The van der Waals surface area contributed by atoms with E-state index in [0.717, 1.165) is 11.1 Å². The molecule has 1 aliphatic rings. The van der Waals surface area contributed by atoms with Crippen LogP contribution in [0.15, 0.2) is 24.3 Å². The van der Waals surface area contributed by atoms with Gasteiger partial charge in [0, 0.05) is 26.5 Å². The van der Waals surface area contributed by atoms with Gasteiger partial charge in [-0.1, -0.05) is 24.3 Å². The Morgan fingerprint density at radius 1 is 1.41 bits per heavy atom. The lowest BCUT2D eigenvalue weighted by Crippen LogP contribution is -2.54. The van der Waals surface area contributed by atoms with Gasteiger partial charge in [-0.05, 0) is 11.1 Å². The molecule has 92 valence electrons. The number of fused-ring (bicyclic) bond motifs is 1. The highest BCUT2D eigenvalue weighted by Crippen LogP contribution is 2.30. The van der Waals surface area contributed by atoms with Crippen molar-refractivity contribution < 1.29 is 14.6 Å². The molecule has 0 aliphatic heterocycles. The van der Waals surface area contributed by atoms with Gasteiger partial charge in [0.1, 0.15) is 5.54 Å². The van der Waals surface area contributed by atoms with Gasteiger partial charge in [-0.25, -0.2) is 0 Å². The summed E-state index contributed by atoms with van der Waals surface area (Å²) in [7, 11) is 1.61. The topological polar surface area (TPSA) is 58.6 Å². The second-order valence-electron chi connectivity index (χ2n) is 4.43. The minimum Gasteiger partial charge on any atom is -0.480 e. The first-order valence-electron chi connectivity index (χ1n) is 5.72. The molecule has 4 heteroatoms. The zero-order valence-electron chi connectivity index (χ0n) is 9.90. The molecule has 1 aliphatic carbocycles. The lowest BCUT2D eigenvalue weighted by molar-refractivity contribution is -0.144. The van der Waals surface area contributed by atoms with Crippen molar-refractivity contribution in [2.45, 2.75) is 18.4 Å². The summed E-state index contributed by atoms with van der Waals surface area (Å²) in [4.78, 5) is 11.5. The third kappa shape index (κ3) is 2.33. The number of methoxy groups -OCH3 is 1. The predicted octanol–water partition coefficient (Wildman–Crippen LogP) is 0.845. The number of carboxylic acid groups (broad SMARTS) is 1. The van der Waals surface area contributed by atoms with Crippen LogP contribution in [0.25, 0.3) is 0 Å². The minimum absolute atomic E-state index is 0.519. The highest BCUT2D eigenvalue weighted by atomic mass is 16.5. The number of benzene rings is 1. The molecule has 0 radical (unpaired) electrons. The number of carboxylic acids is 1. The molecule has 0 spiro atoms. The summed E-state index contributed by atoms with van der Waals surface area (Å²) >= 11 is 0. The molecule has 0 bridgehead atoms. The molecule has 0 heterocycles. The molecular weight excluding hydrogens is 218 g/mol. The highest BCUT2D eigenvalue weighted by molar-refractivity contribution is 5.81. The predicted molar refractivity (Wildman–Crippen MR) is 64.1 cm³/mol. The second kappa shape index (κ2) is 4.85. The largest absolute Gasteiger partial charge is 0.480 e. The van der Waals surface area contributed by atoms with Gasteiger partial charge >= 0.3 is 5.97 Å². The maximum atomic E-state index is 11.5. The third-order valence-electron chi connectivity index (χ3n) is 3.28. The molecule has 1 aromatic rings. The van der Waals surface area contributed by atoms with Crippen molar-refractivity contribution in [3.8, 4) is 0 Å². The first-order valence-corrected chi connectivity index (χ1v) is 5.72. The molecule has 0 unspecified atom stereocenters. The van der Waals surface area contributed by atoms with E-state index in [1.54, 1.807) is 7.11 Å². The average Bonchev–Trinajstić information content (AvgIpc) is 2.69. The van der Waals surface area contributed by atoms with E-state index in [-0.39, 0.29) is 0 Å². The molecule has 4 nitrogen and oxygen atoms in total. The number of carbonyl (C=O) groups is 1. The lowest BCUT2D eigenvalue weighted by Gasteiger charge is -2.25. The average molecular weight is 235 g/mol. The Labute approximate surface area is 101 Å². The fraction of sp³-hybridized carbons (Fsp3) is 0.462. The molecule has 1 aromatic carbocycles. The monoisotopic (exact) mass is 235 g/mol. The van der Waals surface area contributed by atoms with Crippen LogP contribution in [0.4, 0.5) is 0 Å². The Hall–Kier alpha value is -1.39. The molecule has 0 aromatic heterocycles. The van der Waals surface area contributed by atoms with Gasteiger partial charge in [0.2, 0.25) is 0 Å². The quantitative estimate of drug-likeness (QED) is 0.743. The highest BCUT2D eigenvalue weighted by Gasteiger charge is 2.43. The van der Waals surface area contributed by atoms with E-state index in [1.807, 2.05) is 24.3 Å². The molecule has 2 rings (SSSR count). The fourth-order valence-corrected chi connectivity index (χ4v) is 2.36. The van der Waals surface area contributed by atoms with Gasteiger partial charge in [0.25, 0.3) is 0 Å². The Kier molecular flexibility index (Phi) is 3.45. The second-order valence-corrected chi connectivity index (χ2v) is 4.43. The summed E-state index contributed by atoms with van der Waals surface area (Å²) in [5, 5.41) is 12.5. The summed E-state index contributed by atoms with van der Waals surface area (Å²) < 4.78 is 4.95. The SMILES string of the molecule is COCCNC1(C(=O)O)Cc2ccccc2C1. The summed E-state index contributed by atoms with van der Waals surface area (Å²) in [5.74, 6) is -0.787. The zero-order valence-corrected chi connectivity index (χ0v) is 9.90.